The van der Waals surface area contributed by atoms with Crippen molar-refractivity contribution in [3.05, 3.63) is 0 Å². The van der Waals surface area contributed by atoms with Crippen LogP contribution < -0.4 is 5.32 Å². The van der Waals surface area contributed by atoms with E-state index in [0.29, 0.717) is 11.2 Å². The molecule has 2 rings (SSSR count). The number of ketones is 1. The molecule has 0 aromatic heterocycles. The molecule has 1 aliphatic carbocycles. The minimum atomic E-state index is 0.170. The normalized spacial score (nSPS) is 32.9. The van der Waals surface area contributed by atoms with Gasteiger partial charge in [-0.25, -0.2) is 0 Å². The van der Waals surface area contributed by atoms with Crippen molar-refractivity contribution in [1.29, 1.82) is 0 Å². The van der Waals surface area contributed by atoms with Crippen LogP contribution in [0.3, 0.4) is 0 Å². The van der Waals surface area contributed by atoms with Crippen LogP contribution in [0.2, 0.25) is 0 Å². The summed E-state index contributed by atoms with van der Waals surface area (Å²) in [6.45, 7) is 2.78. The highest BCUT2D eigenvalue weighted by Gasteiger charge is 2.41. The minimum absolute atomic E-state index is 0.170. The second kappa shape index (κ2) is 2.84. The van der Waals surface area contributed by atoms with E-state index in [1.54, 1.807) is 6.92 Å². The molecule has 1 unspecified atom stereocenters. The zero-order valence-corrected chi connectivity index (χ0v) is 7.73. The van der Waals surface area contributed by atoms with Crippen molar-refractivity contribution >= 4 is 5.78 Å². The van der Waals surface area contributed by atoms with Gasteiger partial charge in [-0.05, 0) is 31.6 Å². The first-order valence-corrected chi connectivity index (χ1v) is 4.96. The first-order valence-electron chi connectivity index (χ1n) is 4.96. The number of nitrogens with one attached hydrogen (secondary N) is 1. The first kappa shape index (κ1) is 8.24. The van der Waals surface area contributed by atoms with Crippen molar-refractivity contribution in [2.24, 2.45) is 5.41 Å². The van der Waals surface area contributed by atoms with Gasteiger partial charge < -0.3 is 5.32 Å². The van der Waals surface area contributed by atoms with E-state index in [2.05, 4.69) is 5.32 Å². The molecule has 1 saturated heterocycles. The van der Waals surface area contributed by atoms with Gasteiger partial charge in [-0.3, -0.25) is 4.79 Å². The summed E-state index contributed by atoms with van der Waals surface area (Å²) in [5.74, 6) is 0.318. The van der Waals surface area contributed by atoms with Gasteiger partial charge in [0.25, 0.3) is 0 Å². The maximum Gasteiger partial charge on any atom is 0.146 e. The van der Waals surface area contributed by atoms with Crippen LogP contribution in [-0.4, -0.2) is 18.4 Å². The molecule has 0 aromatic carbocycles. The molecule has 1 N–H and O–H groups in total. The van der Waals surface area contributed by atoms with Gasteiger partial charge in [0.05, 0.1) is 6.04 Å². The van der Waals surface area contributed by atoms with E-state index in [0.717, 1.165) is 13.0 Å². The van der Waals surface area contributed by atoms with Crippen molar-refractivity contribution in [1.82, 2.24) is 5.32 Å². The maximum atomic E-state index is 11.1. The Kier molecular flexibility index (Phi) is 1.95. The molecule has 1 spiro atoms. The second-order valence-corrected chi connectivity index (χ2v) is 4.46. The summed E-state index contributed by atoms with van der Waals surface area (Å²) in [4.78, 5) is 11.1. The molecule has 1 atom stereocenters. The second-order valence-electron chi connectivity index (χ2n) is 4.46. The number of carbonyl (C=O) groups is 1. The van der Waals surface area contributed by atoms with Crippen LogP contribution in [0, 0.1) is 5.41 Å². The molecule has 12 heavy (non-hydrogen) atoms. The Morgan fingerprint density at radius 3 is 2.58 bits per heavy atom. The lowest BCUT2D eigenvalue weighted by molar-refractivity contribution is -0.118. The Bertz CT molecular complexity index is 194. The molecule has 0 radical (unpaired) electrons. The summed E-state index contributed by atoms with van der Waals surface area (Å²) in [5.41, 5.74) is 0.510. The molecule has 68 valence electrons. The highest BCUT2D eigenvalue weighted by atomic mass is 16.1. The summed E-state index contributed by atoms with van der Waals surface area (Å²) in [7, 11) is 0. The van der Waals surface area contributed by atoms with Crippen molar-refractivity contribution in [3.8, 4) is 0 Å². The fraction of sp³-hybridized carbons (Fsp3) is 0.900. The van der Waals surface area contributed by atoms with Gasteiger partial charge in [-0.1, -0.05) is 12.8 Å². The lowest BCUT2D eigenvalue weighted by Gasteiger charge is -2.20. The van der Waals surface area contributed by atoms with E-state index in [1.807, 2.05) is 0 Å². The Balaban J connectivity index is 2.01. The SMILES string of the molecule is CC(=O)C1CC2(CCCC2)CN1. The predicted octanol–water partition coefficient (Wildman–Crippen LogP) is 1.50. The summed E-state index contributed by atoms with van der Waals surface area (Å²) in [5, 5.41) is 3.34. The van der Waals surface area contributed by atoms with Gasteiger partial charge in [0.2, 0.25) is 0 Å². The molecule has 0 bridgehead atoms. The average Bonchev–Trinajstić information content (AvgIpc) is 2.62. The topological polar surface area (TPSA) is 29.1 Å². The standard InChI is InChI=1S/C10H17NO/c1-8(12)9-6-10(7-11-9)4-2-3-5-10/h9,11H,2-7H2,1H3. The Labute approximate surface area is 73.7 Å². The van der Waals surface area contributed by atoms with E-state index < -0.39 is 0 Å². The predicted molar refractivity (Wildman–Crippen MR) is 48.0 cm³/mol. The fourth-order valence-corrected chi connectivity index (χ4v) is 2.71. The zero-order valence-electron chi connectivity index (χ0n) is 7.73. The molecule has 2 nitrogen and oxygen atoms in total. The van der Waals surface area contributed by atoms with E-state index in [1.165, 1.54) is 25.7 Å². The number of carbonyl (C=O) groups excluding carboxylic acids is 1. The molecule has 2 aliphatic rings. The summed E-state index contributed by atoms with van der Waals surface area (Å²) < 4.78 is 0. The fourth-order valence-electron chi connectivity index (χ4n) is 2.71. The van der Waals surface area contributed by atoms with Crippen molar-refractivity contribution in [3.63, 3.8) is 0 Å². The zero-order chi connectivity index (χ0) is 8.60. The van der Waals surface area contributed by atoms with Crippen molar-refractivity contribution < 1.29 is 4.79 Å². The molecular formula is C10H17NO. The molecule has 1 aliphatic heterocycles. The van der Waals surface area contributed by atoms with Gasteiger partial charge in [-0.2, -0.15) is 0 Å². The number of Topliss-reactive ketones (excluding diaryl/α,β-unsaturated/α-hetero) is 1. The van der Waals surface area contributed by atoms with Crippen LogP contribution in [0.4, 0.5) is 0 Å². The lowest BCUT2D eigenvalue weighted by atomic mass is 9.83. The minimum Gasteiger partial charge on any atom is -0.307 e. The lowest BCUT2D eigenvalue weighted by Crippen LogP contribution is -2.28. The van der Waals surface area contributed by atoms with Gasteiger partial charge in [0.15, 0.2) is 0 Å². The van der Waals surface area contributed by atoms with Gasteiger partial charge in [0, 0.05) is 6.54 Å². The highest BCUT2D eigenvalue weighted by molar-refractivity contribution is 5.81. The molecule has 0 aromatic rings. The van der Waals surface area contributed by atoms with E-state index in [-0.39, 0.29) is 6.04 Å². The van der Waals surface area contributed by atoms with Crippen LogP contribution in [0.15, 0.2) is 0 Å². The van der Waals surface area contributed by atoms with Crippen LogP contribution in [0.1, 0.15) is 39.0 Å². The molecule has 0 amide bonds. The van der Waals surface area contributed by atoms with Gasteiger partial charge in [0.1, 0.15) is 5.78 Å². The Morgan fingerprint density at radius 1 is 1.42 bits per heavy atom. The Hall–Kier alpha value is -0.370. The van der Waals surface area contributed by atoms with E-state index in [9.17, 15) is 4.79 Å². The summed E-state index contributed by atoms with van der Waals surface area (Å²) in [6, 6.07) is 0.170. The van der Waals surface area contributed by atoms with Crippen LogP contribution in [0.25, 0.3) is 0 Å². The third-order valence-corrected chi connectivity index (χ3v) is 3.52. The number of hydrogen-bond donors (Lipinski definition) is 1. The quantitative estimate of drug-likeness (QED) is 0.641. The van der Waals surface area contributed by atoms with Gasteiger partial charge in [-0.15, -0.1) is 0 Å². The molecule has 2 fully saturated rings. The largest absolute Gasteiger partial charge is 0.307 e. The molecule has 1 saturated carbocycles. The maximum absolute atomic E-state index is 11.1. The summed E-state index contributed by atoms with van der Waals surface area (Å²) in [6.07, 6.45) is 6.51. The van der Waals surface area contributed by atoms with E-state index in [4.69, 9.17) is 0 Å². The van der Waals surface area contributed by atoms with Crippen LogP contribution in [0.5, 0.6) is 0 Å². The first-order chi connectivity index (χ1) is 5.72. The van der Waals surface area contributed by atoms with Crippen LogP contribution in [-0.2, 0) is 4.79 Å². The van der Waals surface area contributed by atoms with Gasteiger partial charge >= 0.3 is 0 Å². The molecular weight excluding hydrogens is 150 g/mol. The Morgan fingerprint density at radius 2 is 2.08 bits per heavy atom. The molecule has 2 heteroatoms. The van der Waals surface area contributed by atoms with E-state index >= 15 is 0 Å². The van der Waals surface area contributed by atoms with Crippen LogP contribution >= 0.6 is 0 Å². The third kappa shape index (κ3) is 1.28. The number of hydrogen-bond acceptors (Lipinski definition) is 2. The number of rotatable bonds is 1. The third-order valence-electron chi connectivity index (χ3n) is 3.52. The smallest absolute Gasteiger partial charge is 0.146 e. The monoisotopic (exact) mass is 167 g/mol. The van der Waals surface area contributed by atoms with Crippen molar-refractivity contribution in [2.75, 3.05) is 6.54 Å². The highest BCUT2D eigenvalue weighted by Crippen LogP contribution is 2.44. The molecule has 1 heterocycles. The average molecular weight is 167 g/mol. The summed E-state index contributed by atoms with van der Waals surface area (Å²) >= 11 is 0. The van der Waals surface area contributed by atoms with Crippen molar-refractivity contribution in [2.45, 2.75) is 45.1 Å².